The van der Waals surface area contributed by atoms with Gasteiger partial charge >= 0.3 is 0 Å². The minimum Gasteiger partial charge on any atom is -0.316 e. The van der Waals surface area contributed by atoms with Gasteiger partial charge in [0.25, 0.3) is 0 Å². The summed E-state index contributed by atoms with van der Waals surface area (Å²) in [6, 6.07) is 3.68. The third-order valence-electron chi connectivity index (χ3n) is 3.24. The number of hydrogen-bond acceptors (Lipinski definition) is 3. The van der Waals surface area contributed by atoms with Gasteiger partial charge in [-0.3, -0.25) is 0 Å². The third kappa shape index (κ3) is 4.26. The number of hydrogen-bond donors (Lipinski definition) is 2. The lowest BCUT2D eigenvalue weighted by Crippen LogP contribution is -2.38. The van der Waals surface area contributed by atoms with Gasteiger partial charge in [0.1, 0.15) is 5.82 Å². The van der Waals surface area contributed by atoms with Crippen molar-refractivity contribution in [2.45, 2.75) is 44.7 Å². The fraction of sp³-hybridized carbons (Fsp3) is 0.571. The zero-order valence-corrected chi connectivity index (χ0v) is 13.2. The Hall–Kier alpha value is -0.980. The Bertz CT molecular complexity index is 544. The zero-order chi connectivity index (χ0) is 15.3. The third-order valence-corrected chi connectivity index (χ3v) is 4.81. The van der Waals surface area contributed by atoms with Crippen molar-refractivity contribution in [2.75, 3.05) is 7.05 Å². The summed E-state index contributed by atoms with van der Waals surface area (Å²) in [5.41, 5.74) is 0.556. The molecule has 1 unspecified atom stereocenters. The highest BCUT2D eigenvalue weighted by atomic mass is 32.2. The number of benzene rings is 1. The molecule has 4 nitrogen and oxygen atoms in total. The van der Waals surface area contributed by atoms with Crippen LogP contribution in [0.25, 0.3) is 0 Å². The van der Waals surface area contributed by atoms with E-state index >= 15 is 0 Å². The number of sulfonamides is 1. The lowest BCUT2D eigenvalue weighted by molar-refractivity contribution is 0.437. The van der Waals surface area contributed by atoms with Gasteiger partial charge in [-0.1, -0.05) is 26.8 Å². The van der Waals surface area contributed by atoms with Crippen LogP contribution < -0.4 is 10.0 Å². The summed E-state index contributed by atoms with van der Waals surface area (Å²) in [6.45, 7) is 6.20. The van der Waals surface area contributed by atoms with E-state index in [-0.39, 0.29) is 16.9 Å². The minimum atomic E-state index is -3.72. The maximum absolute atomic E-state index is 13.4. The molecule has 0 amide bonds. The van der Waals surface area contributed by atoms with E-state index < -0.39 is 15.8 Å². The Labute approximate surface area is 120 Å². The normalized spacial score (nSPS) is 13.7. The predicted molar refractivity (Wildman–Crippen MR) is 78.4 cm³/mol. The van der Waals surface area contributed by atoms with Crippen LogP contribution in [0.3, 0.4) is 0 Å². The molecule has 0 fully saturated rings. The molecule has 0 saturated heterocycles. The topological polar surface area (TPSA) is 58.2 Å². The summed E-state index contributed by atoms with van der Waals surface area (Å²) in [7, 11) is -2.00. The highest BCUT2D eigenvalue weighted by Crippen LogP contribution is 2.19. The summed E-state index contributed by atoms with van der Waals surface area (Å²) in [5, 5.41) is 2.89. The van der Waals surface area contributed by atoms with E-state index in [1.165, 1.54) is 12.1 Å². The Kier molecular flexibility index (Phi) is 6.10. The lowest BCUT2D eigenvalue weighted by Gasteiger charge is -2.21. The van der Waals surface area contributed by atoms with Gasteiger partial charge in [-0.05, 0) is 37.1 Å². The van der Waals surface area contributed by atoms with Gasteiger partial charge in [0.2, 0.25) is 10.0 Å². The minimum absolute atomic E-state index is 0.00551. The first kappa shape index (κ1) is 17.1. The maximum Gasteiger partial charge on any atom is 0.241 e. The average Bonchev–Trinajstić information content (AvgIpc) is 2.38. The molecule has 0 spiro atoms. The molecule has 114 valence electrons. The van der Waals surface area contributed by atoms with Crippen molar-refractivity contribution in [1.82, 2.24) is 10.0 Å². The number of halogens is 1. The molecule has 0 bridgehead atoms. The molecule has 0 radical (unpaired) electrons. The molecule has 1 rings (SSSR count). The molecule has 0 aliphatic rings. The Morgan fingerprint density at radius 2 is 1.95 bits per heavy atom. The quantitative estimate of drug-likeness (QED) is 0.812. The van der Waals surface area contributed by atoms with Gasteiger partial charge in [0.15, 0.2) is 0 Å². The van der Waals surface area contributed by atoms with Crippen LogP contribution in [0.1, 0.15) is 32.8 Å². The summed E-state index contributed by atoms with van der Waals surface area (Å²) >= 11 is 0. The summed E-state index contributed by atoms with van der Waals surface area (Å²) in [6.07, 6.45) is 0.688. The maximum atomic E-state index is 13.4. The molecule has 2 N–H and O–H groups in total. The summed E-state index contributed by atoms with van der Waals surface area (Å²) in [5.74, 6) is -0.376. The van der Waals surface area contributed by atoms with E-state index in [1.807, 2.05) is 20.8 Å². The van der Waals surface area contributed by atoms with Crippen molar-refractivity contribution in [3.63, 3.8) is 0 Å². The average molecular weight is 302 g/mol. The van der Waals surface area contributed by atoms with Crippen LogP contribution in [-0.4, -0.2) is 21.5 Å². The number of rotatable bonds is 7. The first-order valence-electron chi connectivity index (χ1n) is 6.77. The molecule has 0 aromatic heterocycles. The monoisotopic (exact) mass is 302 g/mol. The Morgan fingerprint density at radius 1 is 1.30 bits per heavy atom. The van der Waals surface area contributed by atoms with Crippen molar-refractivity contribution in [3.8, 4) is 0 Å². The predicted octanol–water partition coefficient (Wildman–Crippen LogP) is 2.26. The van der Waals surface area contributed by atoms with E-state index in [1.54, 1.807) is 7.05 Å². The van der Waals surface area contributed by atoms with Crippen molar-refractivity contribution >= 4 is 10.0 Å². The molecule has 6 heteroatoms. The number of nitrogens with one attached hydrogen (secondary N) is 2. The fourth-order valence-corrected chi connectivity index (χ4v) is 3.79. The molecule has 0 heterocycles. The second-order valence-electron chi connectivity index (χ2n) is 5.16. The molecule has 0 saturated carbocycles. The molecular formula is C14H23FN2O2S. The molecule has 0 aliphatic carbocycles. The Balaban J connectivity index is 3.17. The zero-order valence-electron chi connectivity index (χ0n) is 12.4. The van der Waals surface area contributed by atoms with Crippen molar-refractivity contribution < 1.29 is 12.8 Å². The van der Waals surface area contributed by atoms with Gasteiger partial charge in [-0.25, -0.2) is 17.5 Å². The van der Waals surface area contributed by atoms with E-state index in [9.17, 15) is 12.8 Å². The molecule has 1 atom stereocenters. The second-order valence-corrected chi connectivity index (χ2v) is 6.84. The molecule has 20 heavy (non-hydrogen) atoms. The highest BCUT2D eigenvalue weighted by Gasteiger charge is 2.24. The van der Waals surface area contributed by atoms with Gasteiger partial charge in [0, 0.05) is 12.6 Å². The van der Waals surface area contributed by atoms with E-state index in [2.05, 4.69) is 10.0 Å². The fourth-order valence-electron chi connectivity index (χ4n) is 2.07. The van der Waals surface area contributed by atoms with E-state index in [0.29, 0.717) is 18.5 Å². The Morgan fingerprint density at radius 3 is 2.45 bits per heavy atom. The van der Waals surface area contributed by atoms with Gasteiger partial charge in [0.05, 0.1) is 4.90 Å². The standard InChI is InChI=1S/C14H23FN2O2S/c1-5-13(10(2)3)17-20(18,19)14-8-12(15)7-6-11(14)9-16-4/h6-8,10,13,16-17H,5,9H2,1-4H3. The van der Waals surface area contributed by atoms with E-state index in [0.717, 1.165) is 6.07 Å². The first-order valence-corrected chi connectivity index (χ1v) is 8.25. The highest BCUT2D eigenvalue weighted by molar-refractivity contribution is 7.89. The molecule has 1 aromatic carbocycles. The molecular weight excluding hydrogens is 279 g/mol. The second kappa shape index (κ2) is 7.15. The molecule has 0 aliphatic heterocycles. The SMILES string of the molecule is CCC(NS(=O)(=O)c1cc(F)ccc1CNC)C(C)C. The van der Waals surface area contributed by atoms with Crippen LogP contribution in [-0.2, 0) is 16.6 Å². The van der Waals surface area contributed by atoms with E-state index in [4.69, 9.17) is 0 Å². The van der Waals surface area contributed by atoms with Crippen LogP contribution in [0, 0.1) is 11.7 Å². The molecule has 1 aromatic rings. The van der Waals surface area contributed by atoms with Gasteiger partial charge in [-0.15, -0.1) is 0 Å². The van der Waals surface area contributed by atoms with Crippen LogP contribution in [0.4, 0.5) is 4.39 Å². The largest absolute Gasteiger partial charge is 0.316 e. The van der Waals surface area contributed by atoms with Gasteiger partial charge in [-0.2, -0.15) is 0 Å². The van der Waals surface area contributed by atoms with Crippen LogP contribution in [0.15, 0.2) is 23.1 Å². The lowest BCUT2D eigenvalue weighted by atomic mass is 10.0. The van der Waals surface area contributed by atoms with Crippen LogP contribution in [0.5, 0.6) is 0 Å². The smallest absolute Gasteiger partial charge is 0.241 e. The summed E-state index contributed by atoms with van der Waals surface area (Å²) in [4.78, 5) is 0.00551. The van der Waals surface area contributed by atoms with Crippen molar-refractivity contribution in [2.24, 2.45) is 5.92 Å². The van der Waals surface area contributed by atoms with Crippen molar-refractivity contribution in [1.29, 1.82) is 0 Å². The summed E-state index contributed by atoms with van der Waals surface area (Å²) < 4.78 is 40.9. The van der Waals surface area contributed by atoms with Gasteiger partial charge < -0.3 is 5.32 Å². The van der Waals surface area contributed by atoms with Crippen LogP contribution >= 0.6 is 0 Å². The van der Waals surface area contributed by atoms with Crippen LogP contribution in [0.2, 0.25) is 0 Å². The first-order chi connectivity index (χ1) is 9.31. The van der Waals surface area contributed by atoms with Crippen molar-refractivity contribution in [3.05, 3.63) is 29.6 Å².